The van der Waals surface area contributed by atoms with Gasteiger partial charge in [-0.2, -0.15) is 0 Å². The SMILES string of the molecule is COc1ccc(/C=C2\SC(=O)N(CCNC(=O)COc3ccc(Cl)cc3C)C2=O)cc1. The number of benzene rings is 2. The number of hydrogen-bond acceptors (Lipinski definition) is 6. The molecular formula is C22H21ClN2O5S. The standard InChI is InChI=1S/C22H21ClN2O5S/c1-14-11-16(23)5-8-18(14)30-13-20(26)24-9-10-25-21(27)19(31-22(25)28)12-15-3-6-17(29-2)7-4-15/h3-8,11-12H,9-10,13H2,1-2H3,(H,24,26)/b19-12-. The summed E-state index contributed by atoms with van der Waals surface area (Å²) in [6, 6.07) is 12.3. The van der Waals surface area contributed by atoms with Gasteiger partial charge in [-0.25, -0.2) is 0 Å². The number of nitrogens with zero attached hydrogens (tertiary/aromatic N) is 1. The molecule has 0 aromatic heterocycles. The fraction of sp³-hybridized carbons (Fsp3) is 0.227. The summed E-state index contributed by atoms with van der Waals surface area (Å²) in [5.41, 5.74) is 1.61. The van der Waals surface area contributed by atoms with Gasteiger partial charge < -0.3 is 14.8 Å². The molecule has 1 aliphatic rings. The van der Waals surface area contributed by atoms with Crippen molar-refractivity contribution in [3.05, 3.63) is 63.5 Å². The quantitative estimate of drug-likeness (QED) is 0.601. The predicted octanol–water partition coefficient (Wildman–Crippen LogP) is 3.89. The lowest BCUT2D eigenvalue weighted by atomic mass is 10.2. The van der Waals surface area contributed by atoms with E-state index >= 15 is 0 Å². The highest BCUT2D eigenvalue weighted by Gasteiger charge is 2.34. The second-order valence-corrected chi connectivity index (χ2v) is 8.08. The number of halogens is 1. The second kappa shape index (κ2) is 10.4. The molecule has 0 unspecified atom stereocenters. The van der Waals surface area contributed by atoms with Gasteiger partial charge in [-0.3, -0.25) is 19.3 Å². The summed E-state index contributed by atoms with van der Waals surface area (Å²) in [6.07, 6.45) is 1.66. The third-order valence-electron chi connectivity index (χ3n) is 4.44. The number of carbonyl (C=O) groups is 3. The van der Waals surface area contributed by atoms with Crippen molar-refractivity contribution in [3.8, 4) is 11.5 Å². The molecule has 31 heavy (non-hydrogen) atoms. The lowest BCUT2D eigenvalue weighted by molar-refractivity contribution is -0.125. The van der Waals surface area contributed by atoms with Crippen LogP contribution in [0.5, 0.6) is 11.5 Å². The zero-order valence-electron chi connectivity index (χ0n) is 17.0. The Morgan fingerprint density at radius 3 is 2.61 bits per heavy atom. The lowest BCUT2D eigenvalue weighted by Crippen LogP contribution is -2.38. The molecule has 1 N–H and O–H groups in total. The van der Waals surface area contributed by atoms with E-state index in [2.05, 4.69) is 5.32 Å². The number of aryl methyl sites for hydroxylation is 1. The predicted molar refractivity (Wildman–Crippen MR) is 120 cm³/mol. The number of thioether (sulfide) groups is 1. The smallest absolute Gasteiger partial charge is 0.293 e. The first-order valence-corrected chi connectivity index (χ1v) is 10.6. The Hall–Kier alpha value is -2.97. The molecule has 0 bridgehead atoms. The van der Waals surface area contributed by atoms with Crippen LogP contribution in [0, 0.1) is 6.92 Å². The van der Waals surface area contributed by atoms with E-state index in [1.54, 1.807) is 55.7 Å². The third kappa shape index (κ3) is 6.02. The van der Waals surface area contributed by atoms with E-state index in [9.17, 15) is 14.4 Å². The minimum atomic E-state index is -0.381. The Morgan fingerprint density at radius 2 is 1.94 bits per heavy atom. The molecule has 3 amide bonds. The molecule has 7 nitrogen and oxygen atoms in total. The van der Waals surface area contributed by atoms with Crippen LogP contribution in [0.3, 0.4) is 0 Å². The number of carbonyl (C=O) groups excluding carboxylic acids is 3. The summed E-state index contributed by atoms with van der Waals surface area (Å²) < 4.78 is 10.6. The van der Waals surface area contributed by atoms with Crippen molar-refractivity contribution in [2.75, 3.05) is 26.8 Å². The van der Waals surface area contributed by atoms with Gasteiger partial charge >= 0.3 is 0 Å². The molecule has 0 aliphatic carbocycles. The van der Waals surface area contributed by atoms with Crippen molar-refractivity contribution in [1.29, 1.82) is 0 Å². The fourth-order valence-electron chi connectivity index (χ4n) is 2.82. The van der Waals surface area contributed by atoms with Gasteiger partial charge in [0, 0.05) is 18.1 Å². The van der Waals surface area contributed by atoms with Crippen molar-refractivity contribution >= 4 is 46.5 Å². The monoisotopic (exact) mass is 460 g/mol. The maximum Gasteiger partial charge on any atom is 0.293 e. The molecule has 0 atom stereocenters. The summed E-state index contributed by atoms with van der Waals surface area (Å²) >= 11 is 6.77. The lowest BCUT2D eigenvalue weighted by Gasteiger charge is -2.13. The molecule has 0 saturated carbocycles. The van der Waals surface area contributed by atoms with Crippen LogP contribution in [-0.2, 0) is 9.59 Å². The van der Waals surface area contributed by atoms with Crippen LogP contribution in [-0.4, -0.2) is 48.8 Å². The van der Waals surface area contributed by atoms with Gasteiger partial charge in [0.1, 0.15) is 11.5 Å². The van der Waals surface area contributed by atoms with E-state index in [1.807, 2.05) is 6.92 Å². The largest absolute Gasteiger partial charge is 0.497 e. The summed E-state index contributed by atoms with van der Waals surface area (Å²) in [6.45, 7) is 1.87. The highest BCUT2D eigenvalue weighted by Crippen LogP contribution is 2.32. The van der Waals surface area contributed by atoms with Crippen molar-refractivity contribution in [2.45, 2.75) is 6.92 Å². The van der Waals surface area contributed by atoms with E-state index in [-0.39, 0.29) is 36.7 Å². The molecule has 2 aromatic carbocycles. The van der Waals surface area contributed by atoms with Gasteiger partial charge in [-0.1, -0.05) is 23.7 Å². The molecule has 1 aliphatic heterocycles. The first kappa shape index (κ1) is 22.7. The normalized spacial score (nSPS) is 14.8. The molecule has 2 aromatic rings. The minimum absolute atomic E-state index is 0.0797. The molecule has 0 spiro atoms. The topological polar surface area (TPSA) is 84.9 Å². The first-order chi connectivity index (χ1) is 14.9. The summed E-state index contributed by atoms with van der Waals surface area (Å²) in [7, 11) is 1.57. The van der Waals surface area contributed by atoms with E-state index in [0.717, 1.165) is 27.8 Å². The Bertz CT molecular complexity index is 1020. The highest BCUT2D eigenvalue weighted by atomic mass is 35.5. The second-order valence-electron chi connectivity index (χ2n) is 6.65. The zero-order chi connectivity index (χ0) is 22.4. The summed E-state index contributed by atoms with van der Waals surface area (Å²) in [5, 5.41) is 2.87. The third-order valence-corrected chi connectivity index (χ3v) is 5.58. The van der Waals surface area contributed by atoms with Gasteiger partial charge in [0.15, 0.2) is 6.61 Å². The Labute approximate surface area is 189 Å². The van der Waals surface area contributed by atoms with Crippen LogP contribution >= 0.6 is 23.4 Å². The van der Waals surface area contributed by atoms with Gasteiger partial charge in [-0.15, -0.1) is 0 Å². The number of amides is 3. The van der Waals surface area contributed by atoms with Crippen molar-refractivity contribution in [1.82, 2.24) is 10.2 Å². The van der Waals surface area contributed by atoms with E-state index in [1.165, 1.54) is 0 Å². The summed E-state index contributed by atoms with van der Waals surface area (Å²) in [5.74, 6) is 0.536. The average molecular weight is 461 g/mol. The van der Waals surface area contributed by atoms with E-state index in [4.69, 9.17) is 21.1 Å². The molecule has 1 heterocycles. The van der Waals surface area contributed by atoms with Crippen LogP contribution in [0.25, 0.3) is 6.08 Å². The maximum absolute atomic E-state index is 12.5. The molecule has 1 fully saturated rings. The maximum atomic E-state index is 12.5. The Kier molecular flexibility index (Phi) is 7.59. The first-order valence-electron chi connectivity index (χ1n) is 9.42. The number of rotatable bonds is 8. The summed E-state index contributed by atoms with van der Waals surface area (Å²) in [4.78, 5) is 38.2. The van der Waals surface area contributed by atoms with Crippen molar-refractivity contribution in [3.63, 3.8) is 0 Å². The molecular weight excluding hydrogens is 440 g/mol. The molecule has 0 radical (unpaired) electrons. The van der Waals surface area contributed by atoms with Crippen LogP contribution in [0.15, 0.2) is 47.4 Å². The van der Waals surface area contributed by atoms with Crippen LogP contribution < -0.4 is 14.8 Å². The number of ether oxygens (including phenoxy) is 2. The highest BCUT2D eigenvalue weighted by molar-refractivity contribution is 8.18. The van der Waals surface area contributed by atoms with Gasteiger partial charge in [0.25, 0.3) is 17.1 Å². The number of nitrogens with one attached hydrogen (secondary N) is 1. The van der Waals surface area contributed by atoms with Gasteiger partial charge in [0.05, 0.1) is 12.0 Å². The van der Waals surface area contributed by atoms with Crippen LogP contribution in [0.1, 0.15) is 11.1 Å². The minimum Gasteiger partial charge on any atom is -0.497 e. The van der Waals surface area contributed by atoms with Crippen molar-refractivity contribution in [2.24, 2.45) is 0 Å². The Morgan fingerprint density at radius 1 is 1.19 bits per heavy atom. The molecule has 162 valence electrons. The zero-order valence-corrected chi connectivity index (χ0v) is 18.6. The van der Waals surface area contributed by atoms with E-state index < -0.39 is 0 Å². The number of methoxy groups -OCH3 is 1. The van der Waals surface area contributed by atoms with Gasteiger partial charge in [-0.05, 0) is 66.2 Å². The fourth-order valence-corrected chi connectivity index (χ4v) is 3.91. The van der Waals surface area contributed by atoms with Gasteiger partial charge in [0.2, 0.25) is 0 Å². The average Bonchev–Trinajstić information content (AvgIpc) is 3.01. The van der Waals surface area contributed by atoms with Crippen LogP contribution in [0.2, 0.25) is 5.02 Å². The Balaban J connectivity index is 1.48. The van der Waals surface area contributed by atoms with E-state index in [0.29, 0.717) is 21.4 Å². The number of hydrogen-bond donors (Lipinski definition) is 1. The number of imide groups is 1. The molecule has 9 heteroatoms. The molecule has 3 rings (SSSR count). The van der Waals surface area contributed by atoms with Crippen LogP contribution in [0.4, 0.5) is 4.79 Å². The molecule has 1 saturated heterocycles. The van der Waals surface area contributed by atoms with Crippen molar-refractivity contribution < 1.29 is 23.9 Å².